The van der Waals surface area contributed by atoms with Crippen LogP contribution < -0.4 is 5.32 Å². The Balaban J connectivity index is 1.40. The summed E-state index contributed by atoms with van der Waals surface area (Å²) < 4.78 is 5.63. The van der Waals surface area contributed by atoms with Crippen molar-refractivity contribution in [1.82, 2.24) is 10.2 Å². The molecular weight excluding hydrogens is 304 g/mol. The molecule has 0 radical (unpaired) electrons. The lowest BCUT2D eigenvalue weighted by Crippen LogP contribution is -2.39. The van der Waals surface area contributed by atoms with Crippen LogP contribution >= 0.6 is 0 Å². The zero-order chi connectivity index (χ0) is 16.5. The number of hydrogen-bond donors (Lipinski definition) is 1. The second-order valence-corrected chi connectivity index (χ2v) is 6.77. The number of carbonyl (C=O) groups is 2. The lowest BCUT2D eigenvalue weighted by atomic mass is 10.0. The highest BCUT2D eigenvalue weighted by Gasteiger charge is 2.19. The third-order valence-corrected chi connectivity index (χ3v) is 5.11. The van der Waals surface area contributed by atoms with Crippen LogP contribution in [0.15, 0.2) is 22.8 Å². The molecule has 1 aliphatic carbocycles. The van der Waals surface area contributed by atoms with Crippen LogP contribution in [-0.4, -0.2) is 36.3 Å². The third kappa shape index (κ3) is 2.90. The highest BCUT2D eigenvalue weighted by molar-refractivity contribution is 5.90. The molecular formula is C19H22N2O3. The number of furan rings is 1. The lowest BCUT2D eigenvalue weighted by Gasteiger charge is -2.15. The maximum atomic E-state index is 12.2. The van der Waals surface area contributed by atoms with Crippen LogP contribution in [0.3, 0.4) is 0 Å². The lowest BCUT2D eigenvalue weighted by molar-refractivity contribution is -0.131. The van der Waals surface area contributed by atoms with E-state index in [1.807, 2.05) is 4.90 Å². The first kappa shape index (κ1) is 15.2. The molecule has 2 heterocycles. The number of nitrogens with zero attached hydrogens (tertiary/aromatic N) is 1. The Kier molecular flexibility index (Phi) is 4.00. The fourth-order valence-corrected chi connectivity index (χ4v) is 3.77. The molecule has 1 fully saturated rings. The van der Waals surface area contributed by atoms with Crippen molar-refractivity contribution in [1.29, 1.82) is 0 Å². The van der Waals surface area contributed by atoms with Crippen molar-refractivity contribution >= 4 is 22.8 Å². The highest BCUT2D eigenvalue weighted by Crippen LogP contribution is 2.30. The molecule has 0 unspecified atom stereocenters. The van der Waals surface area contributed by atoms with E-state index in [-0.39, 0.29) is 24.8 Å². The Hall–Kier alpha value is -2.30. The van der Waals surface area contributed by atoms with Gasteiger partial charge >= 0.3 is 0 Å². The van der Waals surface area contributed by atoms with Crippen molar-refractivity contribution in [2.24, 2.45) is 0 Å². The molecule has 1 aromatic carbocycles. The van der Waals surface area contributed by atoms with Crippen LogP contribution in [-0.2, 0) is 28.9 Å². The number of aryl methyl sites for hydroxylation is 2. The van der Waals surface area contributed by atoms with Crippen molar-refractivity contribution in [2.75, 3.05) is 19.6 Å². The normalized spacial score (nSPS) is 16.6. The number of likely N-dealkylation sites (tertiary alicyclic amines) is 1. The zero-order valence-corrected chi connectivity index (χ0v) is 13.8. The molecule has 1 N–H and O–H groups in total. The van der Waals surface area contributed by atoms with Gasteiger partial charge in [-0.05, 0) is 55.4 Å². The summed E-state index contributed by atoms with van der Waals surface area (Å²) in [6.45, 7) is 1.71. The molecule has 2 aromatic rings. The summed E-state index contributed by atoms with van der Waals surface area (Å²) in [4.78, 5) is 26.0. The summed E-state index contributed by atoms with van der Waals surface area (Å²) >= 11 is 0. The SMILES string of the molecule is O=C(Cc1coc2cc3c(cc12)CCC3)NCC(=O)N1CCCC1. The van der Waals surface area contributed by atoms with Gasteiger partial charge in [-0.3, -0.25) is 9.59 Å². The molecule has 2 aliphatic rings. The second kappa shape index (κ2) is 6.30. The Morgan fingerprint density at radius 1 is 1.08 bits per heavy atom. The molecule has 0 atom stereocenters. The van der Waals surface area contributed by atoms with Gasteiger partial charge in [0.25, 0.3) is 0 Å². The molecule has 1 aliphatic heterocycles. The van der Waals surface area contributed by atoms with Crippen LogP contribution in [0, 0.1) is 0 Å². The third-order valence-electron chi connectivity index (χ3n) is 5.11. The summed E-state index contributed by atoms with van der Waals surface area (Å²) in [5.41, 5.74) is 4.48. The summed E-state index contributed by atoms with van der Waals surface area (Å²) in [6, 6.07) is 4.27. The van der Waals surface area contributed by atoms with Gasteiger partial charge < -0.3 is 14.6 Å². The van der Waals surface area contributed by atoms with Gasteiger partial charge in [0.2, 0.25) is 11.8 Å². The van der Waals surface area contributed by atoms with Crippen LogP contribution in [0.2, 0.25) is 0 Å². The molecule has 5 heteroatoms. The number of benzene rings is 1. The van der Waals surface area contributed by atoms with Gasteiger partial charge in [0, 0.05) is 24.0 Å². The minimum Gasteiger partial charge on any atom is -0.464 e. The highest BCUT2D eigenvalue weighted by atomic mass is 16.3. The van der Waals surface area contributed by atoms with Gasteiger partial charge in [0.1, 0.15) is 5.58 Å². The minimum atomic E-state index is -0.134. The average molecular weight is 326 g/mol. The van der Waals surface area contributed by atoms with E-state index in [1.54, 1.807) is 6.26 Å². The van der Waals surface area contributed by atoms with E-state index >= 15 is 0 Å². The largest absolute Gasteiger partial charge is 0.464 e. The van der Waals surface area contributed by atoms with Gasteiger partial charge in [0.15, 0.2) is 0 Å². The molecule has 24 heavy (non-hydrogen) atoms. The summed E-state index contributed by atoms with van der Waals surface area (Å²) in [5, 5.41) is 3.77. The van der Waals surface area contributed by atoms with Gasteiger partial charge in [-0.1, -0.05) is 0 Å². The first-order chi connectivity index (χ1) is 11.7. The predicted molar refractivity (Wildman–Crippen MR) is 90.8 cm³/mol. The number of rotatable bonds is 4. The molecule has 1 saturated heterocycles. The fourth-order valence-electron chi connectivity index (χ4n) is 3.77. The number of fused-ring (bicyclic) bond motifs is 2. The van der Waals surface area contributed by atoms with E-state index < -0.39 is 0 Å². The van der Waals surface area contributed by atoms with Crippen molar-refractivity contribution in [3.63, 3.8) is 0 Å². The van der Waals surface area contributed by atoms with Crippen LogP contribution in [0.5, 0.6) is 0 Å². The van der Waals surface area contributed by atoms with E-state index in [4.69, 9.17) is 4.42 Å². The van der Waals surface area contributed by atoms with Crippen molar-refractivity contribution in [3.8, 4) is 0 Å². The molecule has 2 amide bonds. The van der Waals surface area contributed by atoms with Gasteiger partial charge in [-0.2, -0.15) is 0 Å². The van der Waals surface area contributed by atoms with Crippen molar-refractivity contribution in [3.05, 3.63) is 35.1 Å². The topological polar surface area (TPSA) is 62.6 Å². The van der Waals surface area contributed by atoms with E-state index in [9.17, 15) is 9.59 Å². The maximum Gasteiger partial charge on any atom is 0.241 e. The number of hydrogen-bond acceptors (Lipinski definition) is 3. The van der Waals surface area contributed by atoms with Crippen molar-refractivity contribution in [2.45, 2.75) is 38.5 Å². The van der Waals surface area contributed by atoms with E-state index in [2.05, 4.69) is 17.4 Å². The average Bonchev–Trinajstić information content (AvgIpc) is 3.31. The summed E-state index contributed by atoms with van der Waals surface area (Å²) in [5.74, 6) is -0.124. The van der Waals surface area contributed by atoms with Crippen LogP contribution in [0.25, 0.3) is 11.0 Å². The summed E-state index contributed by atoms with van der Waals surface area (Å²) in [7, 11) is 0. The quantitative estimate of drug-likeness (QED) is 0.937. The zero-order valence-electron chi connectivity index (χ0n) is 13.8. The van der Waals surface area contributed by atoms with E-state index in [0.29, 0.717) is 0 Å². The second-order valence-electron chi connectivity index (χ2n) is 6.77. The minimum absolute atomic E-state index is 0.00993. The molecule has 4 rings (SSSR count). The molecule has 5 nitrogen and oxygen atoms in total. The monoisotopic (exact) mass is 326 g/mol. The van der Waals surface area contributed by atoms with Crippen LogP contribution in [0.4, 0.5) is 0 Å². The molecule has 0 saturated carbocycles. The molecule has 0 bridgehead atoms. The number of nitrogens with one attached hydrogen (secondary N) is 1. The van der Waals surface area contributed by atoms with Crippen LogP contribution in [0.1, 0.15) is 36.0 Å². The summed E-state index contributed by atoms with van der Waals surface area (Å²) in [6.07, 6.45) is 7.44. The Labute approximate surface area is 141 Å². The first-order valence-corrected chi connectivity index (χ1v) is 8.77. The van der Waals surface area contributed by atoms with Gasteiger partial charge in [-0.25, -0.2) is 0 Å². The molecule has 1 aromatic heterocycles. The Morgan fingerprint density at radius 3 is 2.62 bits per heavy atom. The van der Waals surface area contributed by atoms with Gasteiger partial charge in [-0.15, -0.1) is 0 Å². The predicted octanol–water partition coefficient (Wildman–Crippen LogP) is 2.20. The van der Waals surface area contributed by atoms with Gasteiger partial charge in [0.05, 0.1) is 19.2 Å². The standard InChI is InChI=1S/C19H22N2O3/c22-18(20-11-19(23)21-6-1-2-7-21)10-15-12-24-17-9-14-5-3-4-13(14)8-16(15)17/h8-9,12H,1-7,10-11H2,(H,20,22). The first-order valence-electron chi connectivity index (χ1n) is 8.77. The number of carbonyl (C=O) groups excluding carboxylic acids is 2. The smallest absolute Gasteiger partial charge is 0.241 e. The van der Waals surface area contributed by atoms with Crippen molar-refractivity contribution < 1.29 is 14.0 Å². The number of amides is 2. The maximum absolute atomic E-state index is 12.2. The Bertz CT molecular complexity index is 787. The van der Waals surface area contributed by atoms with E-state index in [1.165, 1.54) is 17.5 Å². The molecule has 126 valence electrons. The molecule has 0 spiro atoms. The fraction of sp³-hybridized carbons (Fsp3) is 0.474. The van der Waals surface area contributed by atoms with E-state index in [0.717, 1.165) is 55.3 Å². The Morgan fingerprint density at radius 2 is 1.83 bits per heavy atom.